The van der Waals surface area contributed by atoms with Crippen molar-refractivity contribution in [2.45, 2.75) is 39.7 Å². The predicted molar refractivity (Wildman–Crippen MR) is 59.4 cm³/mol. The highest BCUT2D eigenvalue weighted by atomic mass is 16.7. The predicted octanol–water partition coefficient (Wildman–Crippen LogP) is 1.96. The Morgan fingerprint density at radius 1 is 1.38 bits per heavy atom. The zero-order chi connectivity index (χ0) is 12.8. The van der Waals surface area contributed by atoms with Crippen LogP contribution >= 0.6 is 0 Å². The third kappa shape index (κ3) is 6.06. The lowest BCUT2D eigenvalue weighted by atomic mass is 10.1. The van der Waals surface area contributed by atoms with Crippen LogP contribution in [0.25, 0.3) is 0 Å². The molecule has 1 atom stereocenters. The molecule has 0 bridgehead atoms. The summed E-state index contributed by atoms with van der Waals surface area (Å²) in [6.45, 7) is 6.86. The first-order chi connectivity index (χ1) is 7.30. The second kappa shape index (κ2) is 6.15. The van der Waals surface area contributed by atoms with Gasteiger partial charge in [-0.1, -0.05) is 13.0 Å². The number of ether oxygens (including phenoxy) is 2. The quantitative estimate of drug-likeness (QED) is 0.591. The van der Waals surface area contributed by atoms with Crippen molar-refractivity contribution in [3.05, 3.63) is 12.3 Å². The number of hydrogen-bond acceptors (Lipinski definition) is 5. The molecule has 92 valence electrons. The van der Waals surface area contributed by atoms with Crippen LogP contribution in [0, 0.1) is 5.92 Å². The van der Waals surface area contributed by atoms with Crippen molar-refractivity contribution in [1.82, 2.24) is 0 Å². The van der Waals surface area contributed by atoms with Crippen molar-refractivity contribution < 1.29 is 19.1 Å². The van der Waals surface area contributed by atoms with E-state index in [1.807, 2.05) is 0 Å². The normalized spacial score (nSPS) is 13.5. The van der Waals surface area contributed by atoms with E-state index in [-0.39, 0.29) is 0 Å². The molecule has 0 aliphatic rings. The van der Waals surface area contributed by atoms with Crippen molar-refractivity contribution in [2.24, 2.45) is 11.7 Å². The Bertz CT molecular complexity index is 278. The van der Waals surface area contributed by atoms with E-state index in [1.54, 1.807) is 27.7 Å². The van der Waals surface area contributed by atoms with Gasteiger partial charge in [0.1, 0.15) is 5.60 Å². The molecule has 2 N–H and O–H groups in total. The Hall–Kier alpha value is -1.52. The van der Waals surface area contributed by atoms with Gasteiger partial charge in [-0.25, -0.2) is 4.79 Å². The van der Waals surface area contributed by atoms with Crippen LogP contribution in [0.3, 0.4) is 0 Å². The third-order valence-corrected chi connectivity index (χ3v) is 1.66. The minimum atomic E-state index is -0.985. The Balaban J connectivity index is 4.28. The summed E-state index contributed by atoms with van der Waals surface area (Å²) in [6.07, 6.45) is 2.26. The maximum Gasteiger partial charge on any atom is 0.516 e. The van der Waals surface area contributed by atoms with Crippen LogP contribution in [0.5, 0.6) is 0 Å². The molecule has 0 aromatic carbocycles. The highest BCUT2D eigenvalue weighted by molar-refractivity contribution is 5.84. The smallest absolute Gasteiger partial charge is 0.428 e. The average Bonchev–Trinajstić information content (AvgIpc) is 2.10. The van der Waals surface area contributed by atoms with Crippen molar-refractivity contribution >= 4 is 12.1 Å². The fourth-order valence-corrected chi connectivity index (χ4v) is 0.944. The molecule has 0 aliphatic carbocycles. The molecular weight excluding hydrogens is 210 g/mol. The SMILES string of the molecule is CC[C@H](C=CN)C(=O)OC(=O)OC(C)(C)C. The van der Waals surface area contributed by atoms with Gasteiger partial charge in [0.2, 0.25) is 0 Å². The summed E-state index contributed by atoms with van der Waals surface area (Å²) in [5.74, 6) is -1.17. The minimum Gasteiger partial charge on any atom is -0.428 e. The summed E-state index contributed by atoms with van der Waals surface area (Å²) in [5, 5.41) is 0. The lowest BCUT2D eigenvalue weighted by Gasteiger charge is -2.18. The summed E-state index contributed by atoms with van der Waals surface area (Å²) in [4.78, 5) is 22.6. The van der Waals surface area contributed by atoms with Crippen molar-refractivity contribution in [1.29, 1.82) is 0 Å². The molecule has 0 spiro atoms. The van der Waals surface area contributed by atoms with Crippen LogP contribution in [0.15, 0.2) is 12.3 Å². The van der Waals surface area contributed by atoms with Gasteiger partial charge in [0.15, 0.2) is 0 Å². The van der Waals surface area contributed by atoms with Gasteiger partial charge in [-0.05, 0) is 33.4 Å². The van der Waals surface area contributed by atoms with Gasteiger partial charge in [0, 0.05) is 0 Å². The molecule has 16 heavy (non-hydrogen) atoms. The van der Waals surface area contributed by atoms with Crippen LogP contribution in [-0.2, 0) is 14.3 Å². The summed E-state index contributed by atoms with van der Waals surface area (Å²) in [6, 6.07) is 0. The van der Waals surface area contributed by atoms with E-state index in [9.17, 15) is 9.59 Å². The fraction of sp³-hybridized carbons (Fsp3) is 0.636. The number of hydrogen-bond donors (Lipinski definition) is 1. The molecule has 0 aliphatic heterocycles. The maximum atomic E-state index is 11.4. The number of carbonyl (C=O) groups excluding carboxylic acids is 2. The van der Waals surface area contributed by atoms with E-state index in [0.29, 0.717) is 6.42 Å². The molecule has 0 aromatic heterocycles. The molecule has 0 heterocycles. The van der Waals surface area contributed by atoms with Crippen LogP contribution in [0.1, 0.15) is 34.1 Å². The Labute approximate surface area is 95.6 Å². The standard InChI is InChI=1S/C11H19NO4/c1-5-8(6-7-12)9(13)15-10(14)16-11(2,3)4/h6-8H,5,12H2,1-4H3/t8-/m1/s1. The summed E-state index contributed by atoms with van der Waals surface area (Å²) < 4.78 is 9.37. The van der Waals surface area contributed by atoms with Gasteiger partial charge in [-0.2, -0.15) is 0 Å². The van der Waals surface area contributed by atoms with Gasteiger partial charge in [-0.3, -0.25) is 4.79 Å². The Kier molecular flexibility index (Phi) is 5.56. The van der Waals surface area contributed by atoms with Crippen molar-refractivity contribution in [3.8, 4) is 0 Å². The van der Waals surface area contributed by atoms with Gasteiger partial charge < -0.3 is 15.2 Å². The van der Waals surface area contributed by atoms with Crippen LogP contribution in [0.4, 0.5) is 4.79 Å². The maximum absolute atomic E-state index is 11.4. The summed E-state index contributed by atoms with van der Waals surface area (Å²) >= 11 is 0. The van der Waals surface area contributed by atoms with Gasteiger partial charge in [-0.15, -0.1) is 0 Å². The first-order valence-corrected chi connectivity index (χ1v) is 5.13. The Morgan fingerprint density at radius 3 is 2.31 bits per heavy atom. The van der Waals surface area contributed by atoms with E-state index < -0.39 is 23.6 Å². The molecule has 0 unspecified atom stereocenters. The molecule has 0 aromatic rings. The molecule has 0 radical (unpaired) electrons. The summed E-state index contributed by atoms with van der Waals surface area (Å²) in [5.41, 5.74) is 4.49. The third-order valence-electron chi connectivity index (χ3n) is 1.66. The molecule has 0 saturated heterocycles. The molecular formula is C11H19NO4. The molecule has 0 amide bonds. The van der Waals surface area contributed by atoms with Crippen molar-refractivity contribution in [2.75, 3.05) is 0 Å². The second-order valence-electron chi connectivity index (χ2n) is 4.29. The number of carbonyl (C=O) groups is 2. The molecule has 0 rings (SSSR count). The van der Waals surface area contributed by atoms with Crippen LogP contribution in [0.2, 0.25) is 0 Å². The number of esters is 1. The van der Waals surface area contributed by atoms with Crippen molar-refractivity contribution in [3.63, 3.8) is 0 Å². The van der Waals surface area contributed by atoms with E-state index in [4.69, 9.17) is 10.5 Å². The molecule has 0 saturated carbocycles. The highest BCUT2D eigenvalue weighted by Gasteiger charge is 2.23. The van der Waals surface area contributed by atoms with Crippen LogP contribution in [-0.4, -0.2) is 17.7 Å². The number of nitrogens with two attached hydrogens (primary N) is 1. The second-order valence-corrected chi connectivity index (χ2v) is 4.29. The fourth-order valence-electron chi connectivity index (χ4n) is 0.944. The monoisotopic (exact) mass is 229 g/mol. The highest BCUT2D eigenvalue weighted by Crippen LogP contribution is 2.11. The summed E-state index contributed by atoms with van der Waals surface area (Å²) in [7, 11) is 0. The molecule has 5 nitrogen and oxygen atoms in total. The van der Waals surface area contributed by atoms with E-state index >= 15 is 0 Å². The van der Waals surface area contributed by atoms with Gasteiger partial charge >= 0.3 is 12.1 Å². The van der Waals surface area contributed by atoms with E-state index in [0.717, 1.165) is 0 Å². The van der Waals surface area contributed by atoms with E-state index in [1.165, 1.54) is 12.3 Å². The zero-order valence-corrected chi connectivity index (χ0v) is 10.1. The first kappa shape index (κ1) is 14.5. The lowest BCUT2D eigenvalue weighted by molar-refractivity contribution is -0.144. The van der Waals surface area contributed by atoms with Crippen LogP contribution < -0.4 is 5.73 Å². The number of rotatable bonds is 3. The minimum absolute atomic E-state index is 0.509. The molecule has 0 fully saturated rings. The van der Waals surface area contributed by atoms with Gasteiger partial charge in [0.05, 0.1) is 5.92 Å². The lowest BCUT2D eigenvalue weighted by Crippen LogP contribution is -2.28. The topological polar surface area (TPSA) is 78.6 Å². The largest absolute Gasteiger partial charge is 0.516 e. The average molecular weight is 229 g/mol. The Morgan fingerprint density at radius 2 is 1.94 bits per heavy atom. The van der Waals surface area contributed by atoms with Gasteiger partial charge in [0.25, 0.3) is 0 Å². The first-order valence-electron chi connectivity index (χ1n) is 5.13. The molecule has 5 heteroatoms. The van der Waals surface area contributed by atoms with E-state index in [2.05, 4.69) is 4.74 Å². The zero-order valence-electron chi connectivity index (χ0n) is 10.1.